The minimum Gasteiger partial charge on any atom is -0.427 e. The fourth-order valence-corrected chi connectivity index (χ4v) is 3.62. The van der Waals surface area contributed by atoms with E-state index in [2.05, 4.69) is 5.10 Å². The Balaban J connectivity index is 1.52. The summed E-state index contributed by atoms with van der Waals surface area (Å²) in [7, 11) is 0. The molecule has 0 atom stereocenters. The second-order valence-electron chi connectivity index (χ2n) is 7.13. The molecule has 0 fully saturated rings. The summed E-state index contributed by atoms with van der Waals surface area (Å²) in [5.74, 6) is 0.222. The van der Waals surface area contributed by atoms with Crippen molar-refractivity contribution in [3.8, 4) is 6.07 Å². The number of carbonyl (C=O) groups excluding carboxylic acids is 1. The molecule has 2 aromatic heterocycles. The first kappa shape index (κ1) is 18.7. The van der Waals surface area contributed by atoms with Crippen LogP contribution in [-0.4, -0.2) is 27.1 Å². The van der Waals surface area contributed by atoms with Gasteiger partial charge in [-0.15, -0.1) is 0 Å². The number of fused-ring (bicyclic) bond motifs is 1. The molecule has 3 aromatic rings. The van der Waals surface area contributed by atoms with Gasteiger partial charge in [0.25, 0.3) is 5.91 Å². The van der Waals surface area contributed by atoms with E-state index in [1.54, 1.807) is 28.6 Å². The van der Waals surface area contributed by atoms with Crippen LogP contribution in [0.5, 0.6) is 0 Å². The Bertz CT molecular complexity index is 1160. The van der Waals surface area contributed by atoms with Gasteiger partial charge in [-0.05, 0) is 36.6 Å². The zero-order chi connectivity index (χ0) is 20.4. The molecule has 0 spiro atoms. The largest absolute Gasteiger partial charge is 0.427 e. The standard InChI is InChI=1S/C22H20N4O3/c1-15-11-19(8-7-16-5-3-2-4-6-16)29-22(28)20(15)21(27)25-9-10-26-18(14-25)12-17(13-23)24-26/h2-6,11-12H,7-10,14H2,1H3. The molecule has 0 saturated carbocycles. The second kappa shape index (κ2) is 7.76. The predicted octanol–water partition coefficient (Wildman–Crippen LogP) is 2.46. The van der Waals surface area contributed by atoms with E-state index in [4.69, 9.17) is 9.68 Å². The Morgan fingerprint density at radius 3 is 2.72 bits per heavy atom. The van der Waals surface area contributed by atoms with Crippen LogP contribution in [0.4, 0.5) is 0 Å². The minimum absolute atomic E-state index is 0.0712. The molecular weight excluding hydrogens is 368 g/mol. The molecule has 0 aliphatic carbocycles. The van der Waals surface area contributed by atoms with Gasteiger partial charge in [-0.3, -0.25) is 9.48 Å². The lowest BCUT2D eigenvalue weighted by molar-refractivity contribution is 0.0700. The van der Waals surface area contributed by atoms with Crippen LogP contribution < -0.4 is 5.63 Å². The number of hydrogen-bond donors (Lipinski definition) is 0. The maximum Gasteiger partial charge on any atom is 0.349 e. The van der Waals surface area contributed by atoms with Crippen LogP contribution >= 0.6 is 0 Å². The summed E-state index contributed by atoms with van der Waals surface area (Å²) in [4.78, 5) is 27.2. The number of carbonyl (C=O) groups is 1. The van der Waals surface area contributed by atoms with Crippen LogP contribution in [0.2, 0.25) is 0 Å². The Morgan fingerprint density at radius 1 is 1.21 bits per heavy atom. The van der Waals surface area contributed by atoms with Crippen molar-refractivity contribution < 1.29 is 9.21 Å². The normalized spacial score (nSPS) is 13.0. The van der Waals surface area contributed by atoms with Crippen LogP contribution in [0, 0.1) is 18.3 Å². The van der Waals surface area contributed by atoms with Gasteiger partial charge in [0.05, 0.1) is 18.8 Å². The van der Waals surface area contributed by atoms with E-state index in [9.17, 15) is 9.59 Å². The summed E-state index contributed by atoms with van der Waals surface area (Å²) in [5, 5.41) is 13.2. The molecule has 1 amide bonds. The molecule has 0 unspecified atom stereocenters. The third kappa shape index (κ3) is 3.83. The van der Waals surface area contributed by atoms with E-state index < -0.39 is 5.63 Å². The predicted molar refractivity (Wildman–Crippen MR) is 105 cm³/mol. The molecule has 7 nitrogen and oxygen atoms in total. The average Bonchev–Trinajstić information content (AvgIpc) is 3.15. The molecule has 7 heteroatoms. The number of benzene rings is 1. The van der Waals surface area contributed by atoms with Crippen molar-refractivity contribution in [2.24, 2.45) is 0 Å². The smallest absolute Gasteiger partial charge is 0.349 e. The van der Waals surface area contributed by atoms with Gasteiger partial charge in [0.15, 0.2) is 5.69 Å². The average molecular weight is 388 g/mol. The summed E-state index contributed by atoms with van der Waals surface area (Å²) in [6.45, 7) is 2.98. The monoisotopic (exact) mass is 388 g/mol. The minimum atomic E-state index is -0.602. The third-order valence-corrected chi connectivity index (χ3v) is 5.12. The number of rotatable bonds is 4. The first-order valence-electron chi connectivity index (χ1n) is 9.49. The number of nitriles is 1. The Labute approximate surface area is 167 Å². The molecule has 146 valence electrons. The molecule has 1 aromatic carbocycles. The number of amides is 1. The maximum absolute atomic E-state index is 13.0. The van der Waals surface area contributed by atoms with E-state index in [0.29, 0.717) is 43.1 Å². The fraction of sp³-hybridized carbons (Fsp3) is 0.273. The summed E-state index contributed by atoms with van der Waals surface area (Å²) in [6, 6.07) is 15.4. The van der Waals surface area contributed by atoms with Gasteiger partial charge >= 0.3 is 5.63 Å². The quantitative estimate of drug-likeness (QED) is 0.685. The van der Waals surface area contributed by atoms with Crippen molar-refractivity contribution >= 4 is 5.91 Å². The van der Waals surface area contributed by atoms with Gasteiger partial charge in [-0.1, -0.05) is 30.3 Å². The maximum atomic E-state index is 13.0. The Kier molecular flexibility index (Phi) is 5.00. The highest BCUT2D eigenvalue weighted by atomic mass is 16.4. The van der Waals surface area contributed by atoms with Crippen molar-refractivity contribution in [2.45, 2.75) is 32.9 Å². The van der Waals surface area contributed by atoms with Crippen molar-refractivity contribution in [1.29, 1.82) is 5.26 Å². The van der Waals surface area contributed by atoms with Gasteiger partial charge < -0.3 is 9.32 Å². The van der Waals surface area contributed by atoms with E-state index in [1.165, 1.54) is 0 Å². The molecule has 29 heavy (non-hydrogen) atoms. The molecule has 3 heterocycles. The highest BCUT2D eigenvalue weighted by Gasteiger charge is 2.27. The van der Waals surface area contributed by atoms with Gasteiger partial charge in [0.2, 0.25) is 0 Å². The van der Waals surface area contributed by atoms with Gasteiger partial charge in [-0.25, -0.2) is 4.79 Å². The zero-order valence-electron chi connectivity index (χ0n) is 16.1. The highest BCUT2D eigenvalue weighted by molar-refractivity contribution is 5.95. The zero-order valence-corrected chi connectivity index (χ0v) is 16.1. The van der Waals surface area contributed by atoms with Crippen LogP contribution in [0.25, 0.3) is 0 Å². The van der Waals surface area contributed by atoms with Crippen LogP contribution in [-0.2, 0) is 25.9 Å². The van der Waals surface area contributed by atoms with E-state index in [-0.39, 0.29) is 11.5 Å². The fourth-order valence-electron chi connectivity index (χ4n) is 3.62. The highest BCUT2D eigenvalue weighted by Crippen LogP contribution is 2.17. The van der Waals surface area contributed by atoms with Crippen LogP contribution in [0.15, 0.2) is 51.7 Å². The molecule has 1 aliphatic rings. The topological polar surface area (TPSA) is 92.1 Å². The lowest BCUT2D eigenvalue weighted by Gasteiger charge is -2.27. The number of nitrogens with zero attached hydrogens (tertiary/aromatic N) is 4. The van der Waals surface area contributed by atoms with Crippen molar-refractivity contribution in [1.82, 2.24) is 14.7 Å². The van der Waals surface area contributed by atoms with E-state index >= 15 is 0 Å². The molecule has 0 saturated heterocycles. The first-order chi connectivity index (χ1) is 14.0. The molecule has 4 rings (SSSR count). The Hall–Kier alpha value is -3.66. The molecular formula is C22H20N4O3. The summed E-state index contributed by atoms with van der Waals surface area (Å²) < 4.78 is 7.18. The van der Waals surface area contributed by atoms with Crippen molar-refractivity contribution in [2.75, 3.05) is 6.54 Å². The number of hydrogen-bond acceptors (Lipinski definition) is 5. The van der Waals surface area contributed by atoms with Crippen molar-refractivity contribution in [3.05, 3.63) is 86.7 Å². The van der Waals surface area contributed by atoms with Gasteiger partial charge in [-0.2, -0.15) is 10.4 Å². The summed E-state index contributed by atoms with van der Waals surface area (Å²) in [6.07, 6.45) is 1.35. The van der Waals surface area contributed by atoms with Gasteiger partial charge in [0.1, 0.15) is 17.4 Å². The lowest BCUT2D eigenvalue weighted by atomic mass is 10.1. The third-order valence-electron chi connectivity index (χ3n) is 5.12. The van der Waals surface area contributed by atoms with E-state index in [1.807, 2.05) is 36.4 Å². The Morgan fingerprint density at radius 2 is 2.00 bits per heavy atom. The molecule has 0 N–H and O–H groups in total. The van der Waals surface area contributed by atoms with Crippen LogP contribution in [0.3, 0.4) is 0 Å². The van der Waals surface area contributed by atoms with Gasteiger partial charge in [0, 0.05) is 13.0 Å². The lowest BCUT2D eigenvalue weighted by Crippen LogP contribution is -2.40. The second-order valence-corrected chi connectivity index (χ2v) is 7.13. The molecule has 0 radical (unpaired) electrons. The molecule has 1 aliphatic heterocycles. The van der Waals surface area contributed by atoms with E-state index in [0.717, 1.165) is 17.7 Å². The van der Waals surface area contributed by atoms with Crippen LogP contribution in [0.1, 0.15) is 38.6 Å². The number of aryl methyl sites for hydroxylation is 3. The summed E-state index contributed by atoms with van der Waals surface area (Å²) in [5.41, 5.74) is 2.35. The SMILES string of the molecule is Cc1cc(CCc2ccccc2)oc(=O)c1C(=O)N1CCn2nc(C#N)cc2C1. The number of aromatic nitrogens is 2. The first-order valence-corrected chi connectivity index (χ1v) is 9.49. The van der Waals surface area contributed by atoms with Crippen molar-refractivity contribution in [3.63, 3.8) is 0 Å². The summed E-state index contributed by atoms with van der Waals surface area (Å²) >= 11 is 0. The molecule has 0 bridgehead atoms.